The van der Waals surface area contributed by atoms with Gasteiger partial charge in [0.25, 0.3) is 10.1 Å². The predicted octanol–water partition coefficient (Wildman–Crippen LogP) is 7.25. The van der Waals surface area contributed by atoms with Crippen LogP contribution in [0.25, 0.3) is 0 Å². The molecule has 0 saturated carbocycles. The number of ether oxygens (including phenoxy) is 7. The quantitative estimate of drug-likeness (QED) is 0.0972. The zero-order valence-corrected chi connectivity index (χ0v) is 37.4. The van der Waals surface area contributed by atoms with Gasteiger partial charge in [0.2, 0.25) is 0 Å². The summed E-state index contributed by atoms with van der Waals surface area (Å²) in [6.45, 7) is 15.4. The normalized spacial score (nSPS) is 29.7. The molecule has 4 heterocycles. The van der Waals surface area contributed by atoms with Crippen LogP contribution in [0.2, 0.25) is 0 Å². The summed E-state index contributed by atoms with van der Waals surface area (Å²) in [5.74, 6) is -1.22. The fourth-order valence-electron chi connectivity index (χ4n) is 9.23. The van der Waals surface area contributed by atoms with Gasteiger partial charge in [-0.25, -0.2) is 0 Å². The molecule has 4 aromatic carbocycles. The lowest BCUT2D eigenvalue weighted by Crippen LogP contribution is -2.62. The van der Waals surface area contributed by atoms with Crippen LogP contribution in [0.3, 0.4) is 0 Å². The highest BCUT2D eigenvalue weighted by Crippen LogP contribution is 2.45. The number of hydrogen-bond donors (Lipinski definition) is 2. The Kier molecular flexibility index (Phi) is 12.9. The molecule has 12 nitrogen and oxygen atoms in total. The second kappa shape index (κ2) is 17.8. The number of fused-ring (bicyclic) bond motifs is 3. The fourth-order valence-corrected chi connectivity index (χ4v) is 11.0. The summed E-state index contributed by atoms with van der Waals surface area (Å²) >= 11 is 0. The Morgan fingerprint density at radius 3 is 1.73 bits per heavy atom. The molecule has 4 fully saturated rings. The highest BCUT2D eigenvalue weighted by Gasteiger charge is 2.59. The van der Waals surface area contributed by atoms with Crippen molar-refractivity contribution in [3.05, 3.63) is 137 Å². The lowest BCUT2D eigenvalue weighted by atomic mass is 9.80. The maximum absolute atomic E-state index is 14.5. The average molecular weight is 873 g/mol. The molecule has 62 heavy (non-hydrogen) atoms. The molecule has 4 aliphatic rings. The third-order valence-corrected chi connectivity index (χ3v) is 13.8. The highest BCUT2D eigenvalue weighted by atomic mass is 32.2. The van der Waals surface area contributed by atoms with Gasteiger partial charge in [-0.05, 0) is 65.0 Å². The summed E-state index contributed by atoms with van der Waals surface area (Å²) in [7, 11) is -4.51. The van der Waals surface area contributed by atoms with Crippen molar-refractivity contribution in [1.29, 1.82) is 0 Å². The summed E-state index contributed by atoms with van der Waals surface area (Å²) in [5, 5.41) is 23.9. The van der Waals surface area contributed by atoms with Crippen LogP contribution in [0, 0.1) is 0 Å². The minimum absolute atomic E-state index is 0.0222. The van der Waals surface area contributed by atoms with Gasteiger partial charge in [-0.3, -0.25) is 4.18 Å². The van der Waals surface area contributed by atoms with Gasteiger partial charge in [-0.15, -0.1) is 0 Å². The van der Waals surface area contributed by atoms with Crippen molar-refractivity contribution in [2.75, 3.05) is 13.2 Å². The molecule has 0 amide bonds. The predicted molar refractivity (Wildman–Crippen MR) is 230 cm³/mol. The SMILES string of the molecule is CC(C)c1cc(C(C)C)c(S(=O)(=O)O[C@H]2[C@@H]3OC[C@@H](O3)[C@@H](O[C@@H]3O[C@H](COC(c4ccccc4)(c4ccccc4)c4ccccc4)[C@@H]4OC(C)(C)O[C@@H]4[C@H]3O)[C@@H]2O)c(C(C)C)c1. The van der Waals surface area contributed by atoms with Crippen molar-refractivity contribution < 1.29 is 56.0 Å². The van der Waals surface area contributed by atoms with Crippen molar-refractivity contribution >= 4 is 10.1 Å². The van der Waals surface area contributed by atoms with E-state index in [1.807, 2.05) is 131 Å². The molecule has 0 spiro atoms. The maximum Gasteiger partial charge on any atom is 0.298 e. The molecule has 0 unspecified atom stereocenters. The molecule has 4 aliphatic heterocycles. The van der Waals surface area contributed by atoms with E-state index in [4.69, 9.17) is 37.3 Å². The summed E-state index contributed by atoms with van der Waals surface area (Å²) in [6, 6.07) is 33.6. The van der Waals surface area contributed by atoms with E-state index in [2.05, 4.69) is 13.8 Å². The van der Waals surface area contributed by atoms with Gasteiger partial charge in [0, 0.05) is 0 Å². The monoisotopic (exact) mass is 872 g/mol. The molecule has 334 valence electrons. The summed E-state index contributed by atoms with van der Waals surface area (Å²) < 4.78 is 80.0. The van der Waals surface area contributed by atoms with Crippen LogP contribution < -0.4 is 0 Å². The first-order valence-corrected chi connectivity index (χ1v) is 23.1. The summed E-state index contributed by atoms with van der Waals surface area (Å²) in [4.78, 5) is 0.0789. The Morgan fingerprint density at radius 1 is 0.710 bits per heavy atom. The van der Waals surface area contributed by atoms with E-state index < -0.39 is 82.9 Å². The molecule has 2 bridgehead atoms. The Hall–Kier alpha value is -3.57. The Morgan fingerprint density at radius 2 is 1.23 bits per heavy atom. The van der Waals surface area contributed by atoms with Gasteiger partial charge in [0.1, 0.15) is 53.2 Å². The lowest BCUT2D eigenvalue weighted by Gasteiger charge is -2.45. The third-order valence-electron chi connectivity index (χ3n) is 12.4. The highest BCUT2D eigenvalue weighted by molar-refractivity contribution is 7.87. The molecule has 2 N–H and O–H groups in total. The molecule has 10 atom stereocenters. The van der Waals surface area contributed by atoms with Gasteiger partial charge in [0.15, 0.2) is 24.5 Å². The Bertz CT molecular complexity index is 2120. The average Bonchev–Trinajstić information content (AvgIpc) is 3.85. The van der Waals surface area contributed by atoms with E-state index in [1.54, 1.807) is 13.8 Å². The second-order valence-electron chi connectivity index (χ2n) is 18.2. The molecule has 4 aromatic rings. The molecular formula is C49H60O12S. The number of hydrogen-bond acceptors (Lipinski definition) is 12. The van der Waals surface area contributed by atoms with Crippen LogP contribution >= 0.6 is 0 Å². The van der Waals surface area contributed by atoms with E-state index in [9.17, 15) is 18.6 Å². The van der Waals surface area contributed by atoms with Gasteiger partial charge in [-0.2, -0.15) is 8.42 Å². The first-order valence-electron chi connectivity index (χ1n) is 21.7. The zero-order chi connectivity index (χ0) is 44.1. The van der Waals surface area contributed by atoms with E-state index in [0.717, 1.165) is 22.3 Å². The molecule has 0 aliphatic carbocycles. The number of rotatable bonds is 14. The Labute approximate surface area is 365 Å². The minimum atomic E-state index is -4.51. The fraction of sp³-hybridized carbons (Fsp3) is 0.510. The van der Waals surface area contributed by atoms with Crippen LogP contribution in [-0.4, -0.2) is 99.0 Å². The topological polar surface area (TPSA) is 148 Å². The van der Waals surface area contributed by atoms with Crippen molar-refractivity contribution in [2.45, 2.75) is 151 Å². The molecular weight excluding hydrogens is 813 g/mol. The largest absolute Gasteiger partial charge is 0.387 e. The van der Waals surface area contributed by atoms with Crippen molar-refractivity contribution in [1.82, 2.24) is 0 Å². The van der Waals surface area contributed by atoms with Crippen LogP contribution in [0.1, 0.15) is 107 Å². The van der Waals surface area contributed by atoms with Crippen molar-refractivity contribution in [3.63, 3.8) is 0 Å². The molecule has 4 saturated heterocycles. The number of benzene rings is 4. The van der Waals surface area contributed by atoms with Gasteiger partial charge >= 0.3 is 0 Å². The van der Waals surface area contributed by atoms with Crippen LogP contribution in [-0.2, 0) is 53.1 Å². The molecule has 13 heteroatoms. The lowest BCUT2D eigenvalue weighted by molar-refractivity contribution is -0.327. The van der Waals surface area contributed by atoms with Crippen LogP contribution in [0.5, 0.6) is 0 Å². The van der Waals surface area contributed by atoms with Gasteiger partial charge in [0.05, 0.1) is 13.2 Å². The number of aliphatic hydroxyl groups is 2. The molecule has 0 aromatic heterocycles. The standard InChI is InChI=1S/C49H60O12S/c1-28(2)31-24-35(29(3)4)45(36(25-31)30(5)6)62(52,53)61-44-39(50)41(37-26-54-47(44)57-37)58-46-40(51)43-42(59-48(7,8)60-43)38(56-46)27-55-49(32-18-12-9-13-19-32,33-20-14-10-15-21-33)34-22-16-11-17-23-34/h9-25,28-30,37-44,46-47,50-51H,26-27H2,1-8H3/t37-,38-,39+,40-,41-,42+,43-,44-,46+,47-/m1/s1. The van der Waals surface area contributed by atoms with Gasteiger partial charge < -0.3 is 43.4 Å². The second-order valence-corrected chi connectivity index (χ2v) is 19.7. The third kappa shape index (κ3) is 8.55. The van der Waals surface area contributed by atoms with E-state index in [-0.39, 0.29) is 35.9 Å². The smallest absolute Gasteiger partial charge is 0.298 e. The maximum atomic E-state index is 14.5. The van der Waals surface area contributed by atoms with Crippen molar-refractivity contribution in [3.8, 4) is 0 Å². The minimum Gasteiger partial charge on any atom is -0.387 e. The molecule has 0 radical (unpaired) electrons. The first-order chi connectivity index (χ1) is 29.5. The Balaban J connectivity index is 1.09. The van der Waals surface area contributed by atoms with E-state index >= 15 is 0 Å². The zero-order valence-electron chi connectivity index (χ0n) is 36.6. The van der Waals surface area contributed by atoms with Crippen LogP contribution in [0.15, 0.2) is 108 Å². The van der Waals surface area contributed by atoms with E-state index in [0.29, 0.717) is 11.1 Å². The van der Waals surface area contributed by atoms with Crippen LogP contribution in [0.4, 0.5) is 0 Å². The summed E-state index contributed by atoms with van der Waals surface area (Å²) in [5.41, 5.74) is 3.85. The summed E-state index contributed by atoms with van der Waals surface area (Å²) in [6.07, 6.45) is -11.7. The number of aliphatic hydroxyl groups excluding tert-OH is 2. The van der Waals surface area contributed by atoms with Crippen molar-refractivity contribution in [2.24, 2.45) is 0 Å². The molecule has 8 rings (SSSR count). The van der Waals surface area contributed by atoms with E-state index in [1.165, 1.54) is 0 Å². The first kappa shape index (κ1) is 45.0. The van der Waals surface area contributed by atoms with Gasteiger partial charge in [-0.1, -0.05) is 145 Å².